The van der Waals surface area contributed by atoms with Crippen molar-refractivity contribution in [3.63, 3.8) is 0 Å². The number of aromatic nitrogens is 2. The molecule has 0 bridgehead atoms. The maximum absolute atomic E-state index is 5.41. The molecule has 5 nitrogen and oxygen atoms in total. The van der Waals surface area contributed by atoms with Crippen LogP contribution in [0.15, 0.2) is 12.3 Å². The molecule has 1 rings (SSSR count). The lowest BCUT2D eigenvalue weighted by Gasteiger charge is -2.09. The fourth-order valence-electron chi connectivity index (χ4n) is 0.918. The van der Waals surface area contributed by atoms with E-state index >= 15 is 0 Å². The summed E-state index contributed by atoms with van der Waals surface area (Å²) in [6, 6.07) is 1.73. The quantitative estimate of drug-likeness (QED) is 0.722. The molecule has 0 aromatic carbocycles. The van der Waals surface area contributed by atoms with E-state index in [1.165, 1.54) is 0 Å². The summed E-state index contributed by atoms with van der Waals surface area (Å²) >= 11 is 0. The second-order valence-corrected chi connectivity index (χ2v) is 3.10. The molecule has 78 valence electrons. The first-order valence-corrected chi connectivity index (χ1v) is 4.66. The Hall–Kier alpha value is -1.36. The summed E-state index contributed by atoms with van der Waals surface area (Å²) in [5.41, 5.74) is 5.35. The Balaban J connectivity index is 2.59. The zero-order valence-electron chi connectivity index (χ0n) is 8.53. The smallest absolute Gasteiger partial charge is 0.225 e. The fourth-order valence-corrected chi connectivity index (χ4v) is 0.918. The number of nitrogens with zero attached hydrogens (tertiary/aromatic N) is 2. The molecule has 14 heavy (non-hydrogen) atoms. The molecule has 0 radical (unpaired) electrons. The van der Waals surface area contributed by atoms with Crippen LogP contribution in [0.3, 0.4) is 0 Å². The minimum Gasteiger partial charge on any atom is -0.475 e. The number of nitrogens with two attached hydrogens (primary N) is 1. The summed E-state index contributed by atoms with van der Waals surface area (Å²) < 4.78 is 5.41. The topological polar surface area (TPSA) is 73.1 Å². The van der Waals surface area contributed by atoms with E-state index in [9.17, 15) is 0 Å². The summed E-state index contributed by atoms with van der Waals surface area (Å²) in [6.07, 6.45) is 1.77. The standard InChI is InChI=1S/C9H16N4O/c1-7(2)14-8-3-5-11-9(13-8)12-6-4-10/h3,5,7H,4,6,10H2,1-2H3,(H,11,12,13). The molecule has 1 aromatic heterocycles. The summed E-state index contributed by atoms with van der Waals surface area (Å²) in [6.45, 7) is 5.12. The third-order valence-electron chi connectivity index (χ3n) is 1.41. The number of hydrogen-bond donors (Lipinski definition) is 2. The number of ether oxygens (including phenoxy) is 1. The van der Waals surface area contributed by atoms with Gasteiger partial charge in [-0.15, -0.1) is 0 Å². The van der Waals surface area contributed by atoms with Gasteiger partial charge in [-0.3, -0.25) is 0 Å². The van der Waals surface area contributed by atoms with Crippen molar-refractivity contribution in [3.05, 3.63) is 12.3 Å². The molecule has 3 N–H and O–H groups in total. The molecule has 0 fully saturated rings. The zero-order chi connectivity index (χ0) is 10.4. The Kier molecular flexibility index (Phi) is 4.12. The van der Waals surface area contributed by atoms with Crippen LogP contribution in [0.2, 0.25) is 0 Å². The van der Waals surface area contributed by atoms with Crippen molar-refractivity contribution >= 4 is 5.95 Å². The van der Waals surface area contributed by atoms with Gasteiger partial charge in [0.2, 0.25) is 11.8 Å². The molecule has 0 atom stereocenters. The molecule has 1 aromatic rings. The van der Waals surface area contributed by atoms with Crippen molar-refractivity contribution in [2.45, 2.75) is 20.0 Å². The summed E-state index contributed by atoms with van der Waals surface area (Å²) in [5.74, 6) is 1.13. The van der Waals surface area contributed by atoms with Crippen LogP contribution in [0.5, 0.6) is 5.88 Å². The molecule has 0 unspecified atom stereocenters. The van der Waals surface area contributed by atoms with Gasteiger partial charge < -0.3 is 15.8 Å². The van der Waals surface area contributed by atoms with Crippen molar-refractivity contribution in [1.82, 2.24) is 9.97 Å². The Bertz CT molecular complexity index is 277. The van der Waals surface area contributed by atoms with E-state index in [0.717, 1.165) is 0 Å². The molecule has 0 saturated heterocycles. The SMILES string of the molecule is CC(C)Oc1ccnc(NCCN)n1. The highest BCUT2D eigenvalue weighted by molar-refractivity contribution is 5.27. The lowest BCUT2D eigenvalue weighted by molar-refractivity contribution is 0.232. The van der Waals surface area contributed by atoms with Crippen LogP contribution >= 0.6 is 0 Å². The summed E-state index contributed by atoms with van der Waals surface area (Å²) in [5, 5.41) is 2.98. The van der Waals surface area contributed by atoms with Crippen molar-refractivity contribution in [2.75, 3.05) is 18.4 Å². The highest BCUT2D eigenvalue weighted by Gasteiger charge is 2.00. The van der Waals surface area contributed by atoms with Gasteiger partial charge in [-0.2, -0.15) is 4.98 Å². The lowest BCUT2D eigenvalue weighted by Crippen LogP contribution is -2.15. The highest BCUT2D eigenvalue weighted by Crippen LogP contribution is 2.09. The van der Waals surface area contributed by atoms with Crippen molar-refractivity contribution < 1.29 is 4.74 Å². The lowest BCUT2D eigenvalue weighted by atomic mass is 10.5. The van der Waals surface area contributed by atoms with Gasteiger partial charge in [-0.25, -0.2) is 4.98 Å². The second kappa shape index (κ2) is 5.39. The molecule has 0 spiro atoms. The van der Waals surface area contributed by atoms with Crippen LogP contribution in [-0.4, -0.2) is 29.2 Å². The Labute approximate surface area is 83.7 Å². The predicted octanol–water partition coefficient (Wildman–Crippen LogP) is 0.634. The fraction of sp³-hybridized carbons (Fsp3) is 0.556. The highest BCUT2D eigenvalue weighted by atomic mass is 16.5. The van der Waals surface area contributed by atoms with E-state index in [1.807, 2.05) is 13.8 Å². The Morgan fingerprint density at radius 1 is 1.57 bits per heavy atom. The van der Waals surface area contributed by atoms with E-state index in [0.29, 0.717) is 24.9 Å². The molecule has 5 heteroatoms. The normalized spacial score (nSPS) is 10.3. The zero-order valence-corrected chi connectivity index (χ0v) is 8.53. The van der Waals surface area contributed by atoms with E-state index in [1.54, 1.807) is 12.3 Å². The van der Waals surface area contributed by atoms with Crippen molar-refractivity contribution in [2.24, 2.45) is 5.73 Å². The molecule has 0 amide bonds. The van der Waals surface area contributed by atoms with E-state index in [2.05, 4.69) is 15.3 Å². The van der Waals surface area contributed by atoms with E-state index in [-0.39, 0.29) is 6.10 Å². The first kappa shape index (κ1) is 10.7. The van der Waals surface area contributed by atoms with Gasteiger partial charge in [0, 0.05) is 25.4 Å². The number of anilines is 1. The van der Waals surface area contributed by atoms with Gasteiger partial charge in [0.25, 0.3) is 0 Å². The first-order valence-electron chi connectivity index (χ1n) is 4.66. The van der Waals surface area contributed by atoms with Gasteiger partial charge >= 0.3 is 0 Å². The Morgan fingerprint density at radius 2 is 2.36 bits per heavy atom. The van der Waals surface area contributed by atoms with Gasteiger partial charge in [0.15, 0.2) is 0 Å². The van der Waals surface area contributed by atoms with Gasteiger partial charge in [0.05, 0.1) is 6.10 Å². The van der Waals surface area contributed by atoms with Gasteiger partial charge in [-0.05, 0) is 13.8 Å². The largest absolute Gasteiger partial charge is 0.475 e. The number of hydrogen-bond acceptors (Lipinski definition) is 5. The average Bonchev–Trinajstić information content (AvgIpc) is 2.14. The van der Waals surface area contributed by atoms with Crippen LogP contribution in [0, 0.1) is 0 Å². The van der Waals surface area contributed by atoms with Crippen LogP contribution in [0.4, 0.5) is 5.95 Å². The molecular formula is C9H16N4O. The third-order valence-corrected chi connectivity index (χ3v) is 1.41. The number of rotatable bonds is 5. The van der Waals surface area contributed by atoms with Crippen LogP contribution < -0.4 is 15.8 Å². The average molecular weight is 196 g/mol. The molecule has 0 aliphatic heterocycles. The van der Waals surface area contributed by atoms with Crippen molar-refractivity contribution in [3.8, 4) is 5.88 Å². The maximum Gasteiger partial charge on any atom is 0.225 e. The minimum atomic E-state index is 0.118. The maximum atomic E-state index is 5.41. The Morgan fingerprint density at radius 3 is 3.00 bits per heavy atom. The number of nitrogens with one attached hydrogen (secondary N) is 1. The summed E-state index contributed by atoms with van der Waals surface area (Å²) in [7, 11) is 0. The van der Waals surface area contributed by atoms with Gasteiger partial charge in [0.1, 0.15) is 0 Å². The van der Waals surface area contributed by atoms with Crippen molar-refractivity contribution in [1.29, 1.82) is 0 Å². The monoisotopic (exact) mass is 196 g/mol. The van der Waals surface area contributed by atoms with Gasteiger partial charge in [-0.1, -0.05) is 0 Å². The third kappa shape index (κ3) is 3.57. The first-order chi connectivity index (χ1) is 6.72. The predicted molar refractivity (Wildman–Crippen MR) is 55.3 cm³/mol. The molecular weight excluding hydrogens is 180 g/mol. The van der Waals surface area contributed by atoms with Crippen LogP contribution in [-0.2, 0) is 0 Å². The van der Waals surface area contributed by atoms with E-state index < -0.39 is 0 Å². The second-order valence-electron chi connectivity index (χ2n) is 3.10. The molecule has 0 aliphatic carbocycles. The van der Waals surface area contributed by atoms with E-state index in [4.69, 9.17) is 10.5 Å². The summed E-state index contributed by atoms with van der Waals surface area (Å²) in [4.78, 5) is 8.18. The minimum absolute atomic E-state index is 0.118. The van der Waals surface area contributed by atoms with Crippen LogP contribution in [0.1, 0.15) is 13.8 Å². The molecule has 0 aliphatic rings. The van der Waals surface area contributed by atoms with Crippen LogP contribution in [0.25, 0.3) is 0 Å². The molecule has 1 heterocycles. The molecule has 0 saturated carbocycles.